The second kappa shape index (κ2) is 7.39. The zero-order valence-electron chi connectivity index (χ0n) is 11.7. The highest BCUT2D eigenvalue weighted by Crippen LogP contribution is 2.33. The van der Waals surface area contributed by atoms with Gasteiger partial charge in [0, 0.05) is 11.6 Å². The summed E-state index contributed by atoms with van der Waals surface area (Å²) in [4.78, 5) is 0.218. The lowest BCUT2D eigenvalue weighted by Crippen LogP contribution is -1.97. The average Bonchev–Trinajstić information content (AvgIpc) is 2.48. The van der Waals surface area contributed by atoms with E-state index in [1.54, 1.807) is 7.11 Å². The minimum atomic E-state index is 0.218. The lowest BCUT2D eigenvalue weighted by Gasteiger charge is -2.13. The molecule has 0 heterocycles. The van der Waals surface area contributed by atoms with E-state index in [1.165, 1.54) is 22.3 Å². The van der Waals surface area contributed by atoms with E-state index in [0.29, 0.717) is 0 Å². The van der Waals surface area contributed by atoms with Gasteiger partial charge in [0.05, 0.1) is 11.4 Å². The van der Waals surface area contributed by atoms with Crippen molar-refractivity contribution in [1.29, 1.82) is 0 Å². The number of benzene rings is 2. The number of hydrogen-bond donors (Lipinski definition) is 0. The van der Waals surface area contributed by atoms with Crippen LogP contribution in [0.5, 0.6) is 0 Å². The average molecular weight is 398 g/mol. The molecule has 0 aliphatic rings. The van der Waals surface area contributed by atoms with Gasteiger partial charge in [-0.05, 0) is 41.7 Å². The van der Waals surface area contributed by atoms with Crippen LogP contribution in [-0.4, -0.2) is 13.7 Å². The molecule has 2 aromatic rings. The molecule has 0 saturated heterocycles. The van der Waals surface area contributed by atoms with Gasteiger partial charge in [0.2, 0.25) is 0 Å². The van der Waals surface area contributed by atoms with Crippen molar-refractivity contribution in [2.75, 3.05) is 13.7 Å². The largest absolute Gasteiger partial charge is 0.384 e. The monoisotopic (exact) mass is 396 g/mol. The summed E-state index contributed by atoms with van der Waals surface area (Å²) in [7, 11) is 1.73. The fourth-order valence-electron chi connectivity index (χ4n) is 2.03. The predicted octanol–water partition coefficient (Wildman–Crippen LogP) is 5.43. The first-order chi connectivity index (χ1) is 9.61. The van der Waals surface area contributed by atoms with Gasteiger partial charge < -0.3 is 4.74 Å². The maximum atomic E-state index is 5.10. The molecule has 0 radical (unpaired) electrons. The van der Waals surface area contributed by atoms with Gasteiger partial charge in [-0.25, -0.2) is 0 Å². The van der Waals surface area contributed by atoms with E-state index in [1.807, 2.05) is 0 Å². The lowest BCUT2D eigenvalue weighted by atomic mass is 10.0. The zero-order valence-corrected chi connectivity index (χ0v) is 14.9. The highest BCUT2D eigenvalue weighted by molar-refractivity contribution is 9.10. The number of hydrogen-bond acceptors (Lipinski definition) is 1. The molecule has 20 heavy (non-hydrogen) atoms. The van der Waals surface area contributed by atoms with Crippen molar-refractivity contribution in [2.45, 2.75) is 18.2 Å². The van der Waals surface area contributed by atoms with E-state index in [9.17, 15) is 0 Å². The van der Waals surface area contributed by atoms with Crippen molar-refractivity contribution in [2.24, 2.45) is 0 Å². The molecule has 2 rings (SSSR count). The minimum absolute atomic E-state index is 0.218. The van der Waals surface area contributed by atoms with Crippen molar-refractivity contribution < 1.29 is 4.74 Å². The second-order valence-corrected chi connectivity index (χ2v) is 6.63. The Morgan fingerprint density at radius 2 is 1.70 bits per heavy atom. The molecule has 0 aliphatic carbocycles. The molecule has 1 unspecified atom stereocenters. The van der Waals surface area contributed by atoms with Crippen molar-refractivity contribution >= 4 is 31.9 Å². The fraction of sp³-hybridized carbons (Fsp3) is 0.294. The van der Waals surface area contributed by atoms with Crippen LogP contribution in [0.4, 0.5) is 0 Å². The van der Waals surface area contributed by atoms with Gasteiger partial charge in [0.15, 0.2) is 0 Å². The van der Waals surface area contributed by atoms with Gasteiger partial charge >= 0.3 is 0 Å². The molecular weight excluding hydrogens is 380 g/mol. The Morgan fingerprint density at radius 3 is 2.30 bits per heavy atom. The Balaban J connectivity index is 2.15. The molecule has 0 N–H and O–H groups in total. The van der Waals surface area contributed by atoms with Crippen LogP contribution < -0.4 is 0 Å². The molecule has 0 aromatic heterocycles. The van der Waals surface area contributed by atoms with Crippen molar-refractivity contribution in [1.82, 2.24) is 0 Å². The Morgan fingerprint density at radius 1 is 1.05 bits per heavy atom. The molecule has 0 amide bonds. The summed E-state index contributed by atoms with van der Waals surface area (Å²) < 4.78 is 6.25. The number of methoxy groups -OCH3 is 1. The smallest absolute Gasteiger partial charge is 0.0645 e. The zero-order chi connectivity index (χ0) is 14.5. The highest BCUT2D eigenvalue weighted by atomic mass is 79.9. The molecule has 0 aliphatic heterocycles. The Kier molecular flexibility index (Phi) is 5.82. The molecule has 1 atom stereocenters. The number of aryl methyl sites for hydroxylation is 1. The summed E-state index contributed by atoms with van der Waals surface area (Å²) in [5, 5.41) is 0. The number of ether oxygens (including phenoxy) is 1. The van der Waals surface area contributed by atoms with Gasteiger partial charge in [-0.1, -0.05) is 68.3 Å². The first-order valence-corrected chi connectivity index (χ1v) is 8.30. The summed E-state index contributed by atoms with van der Waals surface area (Å²) in [6.07, 6.45) is 0.958. The van der Waals surface area contributed by atoms with Gasteiger partial charge in [0.25, 0.3) is 0 Å². The maximum absolute atomic E-state index is 5.10. The van der Waals surface area contributed by atoms with Crippen LogP contribution in [0, 0.1) is 6.92 Å². The molecular formula is C17H18Br2O. The Hall–Kier alpha value is -0.640. The van der Waals surface area contributed by atoms with Crippen molar-refractivity contribution in [3.05, 3.63) is 69.2 Å². The van der Waals surface area contributed by atoms with E-state index < -0.39 is 0 Å². The predicted molar refractivity (Wildman–Crippen MR) is 91.7 cm³/mol. The highest BCUT2D eigenvalue weighted by Gasteiger charge is 2.11. The molecule has 0 bridgehead atoms. The normalized spacial score (nSPS) is 12.4. The third-order valence-electron chi connectivity index (χ3n) is 3.36. The van der Waals surface area contributed by atoms with Crippen LogP contribution in [0.1, 0.15) is 27.1 Å². The van der Waals surface area contributed by atoms with Crippen LogP contribution in [0.25, 0.3) is 0 Å². The summed E-state index contributed by atoms with van der Waals surface area (Å²) in [5.74, 6) is 0. The van der Waals surface area contributed by atoms with E-state index in [-0.39, 0.29) is 4.83 Å². The van der Waals surface area contributed by atoms with Crippen molar-refractivity contribution in [3.63, 3.8) is 0 Å². The van der Waals surface area contributed by atoms with Gasteiger partial charge in [-0.2, -0.15) is 0 Å². The van der Waals surface area contributed by atoms with Crippen LogP contribution in [0.3, 0.4) is 0 Å². The van der Waals surface area contributed by atoms with Gasteiger partial charge in [-0.3, -0.25) is 0 Å². The maximum Gasteiger partial charge on any atom is 0.0645 e. The van der Waals surface area contributed by atoms with Gasteiger partial charge in [0.1, 0.15) is 0 Å². The molecule has 106 valence electrons. The van der Waals surface area contributed by atoms with Crippen LogP contribution in [0.15, 0.2) is 46.9 Å². The van der Waals surface area contributed by atoms with E-state index in [4.69, 9.17) is 4.74 Å². The van der Waals surface area contributed by atoms with Crippen LogP contribution in [-0.2, 0) is 11.2 Å². The quantitative estimate of drug-likeness (QED) is 0.611. The summed E-state index contributed by atoms with van der Waals surface area (Å²) >= 11 is 7.38. The van der Waals surface area contributed by atoms with Crippen LogP contribution in [0.2, 0.25) is 0 Å². The lowest BCUT2D eigenvalue weighted by molar-refractivity contribution is 0.202. The minimum Gasteiger partial charge on any atom is -0.384 e. The Labute approximate surface area is 137 Å². The first kappa shape index (κ1) is 15.7. The Bertz CT molecular complexity index is 564. The van der Waals surface area contributed by atoms with Gasteiger partial charge in [-0.15, -0.1) is 0 Å². The third-order valence-corrected chi connectivity index (χ3v) is 5.27. The molecule has 0 saturated carbocycles. The topological polar surface area (TPSA) is 9.23 Å². The number of alkyl halides is 1. The summed E-state index contributed by atoms with van der Waals surface area (Å²) in [6, 6.07) is 15.2. The van der Waals surface area contributed by atoms with Crippen molar-refractivity contribution in [3.8, 4) is 0 Å². The van der Waals surface area contributed by atoms with Crippen LogP contribution >= 0.6 is 31.9 Å². The first-order valence-electron chi connectivity index (χ1n) is 6.59. The fourth-order valence-corrected chi connectivity index (χ4v) is 3.02. The molecule has 2 aromatic carbocycles. The summed E-state index contributed by atoms with van der Waals surface area (Å²) in [6.45, 7) is 2.86. The third kappa shape index (κ3) is 3.94. The summed E-state index contributed by atoms with van der Waals surface area (Å²) in [5.41, 5.74) is 5.08. The number of halogens is 2. The SMILES string of the molecule is COCCc1ccc(C(Br)c2ccc(C)c(Br)c2)cc1. The standard InChI is InChI=1S/C17H18Br2O/c1-12-3-6-15(11-16(12)18)17(19)14-7-4-13(5-8-14)9-10-20-2/h3-8,11,17H,9-10H2,1-2H3. The number of rotatable bonds is 5. The molecule has 3 heteroatoms. The van der Waals surface area contributed by atoms with E-state index in [0.717, 1.165) is 17.5 Å². The molecule has 0 spiro atoms. The second-order valence-electron chi connectivity index (χ2n) is 4.86. The molecule has 0 fully saturated rings. The van der Waals surface area contributed by atoms with E-state index >= 15 is 0 Å². The molecule has 1 nitrogen and oxygen atoms in total. The van der Waals surface area contributed by atoms with E-state index in [2.05, 4.69) is 81.2 Å².